The average molecular weight is 236 g/mol. The van der Waals surface area contributed by atoms with Gasteiger partial charge >= 0.3 is 0 Å². The third-order valence-electron chi connectivity index (χ3n) is 2.30. The van der Waals surface area contributed by atoms with Crippen molar-refractivity contribution in [2.45, 2.75) is 20.4 Å². The Morgan fingerprint density at radius 2 is 2.19 bits per heavy atom. The van der Waals surface area contributed by atoms with E-state index in [0.717, 1.165) is 22.0 Å². The number of hydrogen-bond donors (Lipinski definition) is 1. The van der Waals surface area contributed by atoms with Crippen LogP contribution in [0.4, 0.5) is 10.1 Å². The molecule has 1 aromatic heterocycles. The van der Waals surface area contributed by atoms with Gasteiger partial charge in [-0.25, -0.2) is 9.37 Å². The minimum Gasteiger partial charge on any atom is -0.378 e. The standard InChI is InChI=1S/C12H13FN2S/c1-8-3-4-10(13)5-11(8)14-6-12-15-9(2)7-16-12/h3-5,7,14H,6H2,1-2H3. The van der Waals surface area contributed by atoms with Crippen molar-refractivity contribution >= 4 is 17.0 Å². The SMILES string of the molecule is Cc1csc(CNc2cc(F)ccc2C)n1. The predicted octanol–water partition coefficient (Wildman–Crippen LogP) is 3.51. The average Bonchev–Trinajstić information content (AvgIpc) is 2.66. The van der Waals surface area contributed by atoms with E-state index in [0.29, 0.717) is 6.54 Å². The van der Waals surface area contributed by atoms with E-state index in [-0.39, 0.29) is 5.82 Å². The van der Waals surface area contributed by atoms with Gasteiger partial charge in [-0.3, -0.25) is 0 Å². The molecule has 4 heteroatoms. The lowest BCUT2D eigenvalue weighted by Crippen LogP contribution is -2.01. The van der Waals surface area contributed by atoms with Crippen molar-refractivity contribution in [2.24, 2.45) is 0 Å². The summed E-state index contributed by atoms with van der Waals surface area (Å²) in [5.74, 6) is -0.219. The van der Waals surface area contributed by atoms with Gasteiger partial charge in [0.2, 0.25) is 0 Å². The first kappa shape index (κ1) is 11.1. The lowest BCUT2D eigenvalue weighted by Gasteiger charge is -2.07. The predicted molar refractivity (Wildman–Crippen MR) is 65.3 cm³/mol. The fourth-order valence-corrected chi connectivity index (χ4v) is 2.15. The molecule has 0 aliphatic carbocycles. The minimum atomic E-state index is -0.219. The summed E-state index contributed by atoms with van der Waals surface area (Å²) >= 11 is 1.61. The molecule has 1 N–H and O–H groups in total. The zero-order valence-corrected chi connectivity index (χ0v) is 10.1. The molecule has 0 atom stereocenters. The van der Waals surface area contributed by atoms with Crippen LogP contribution in [-0.4, -0.2) is 4.98 Å². The number of thiazole rings is 1. The molecular formula is C12H13FN2S. The molecule has 0 amide bonds. The summed E-state index contributed by atoms with van der Waals surface area (Å²) in [5, 5.41) is 6.22. The molecule has 2 rings (SSSR count). The largest absolute Gasteiger partial charge is 0.378 e. The minimum absolute atomic E-state index is 0.219. The van der Waals surface area contributed by atoms with Gasteiger partial charge in [0.25, 0.3) is 0 Å². The molecule has 0 saturated carbocycles. The van der Waals surface area contributed by atoms with Crippen LogP contribution in [0.15, 0.2) is 23.6 Å². The van der Waals surface area contributed by atoms with E-state index in [1.54, 1.807) is 17.4 Å². The summed E-state index contributed by atoms with van der Waals surface area (Å²) in [4.78, 5) is 4.34. The number of nitrogens with zero attached hydrogens (tertiary/aromatic N) is 1. The van der Waals surface area contributed by atoms with Crippen LogP contribution in [0, 0.1) is 19.7 Å². The number of aryl methyl sites for hydroxylation is 2. The number of aromatic nitrogens is 1. The third-order valence-corrected chi connectivity index (χ3v) is 3.26. The Kier molecular flexibility index (Phi) is 3.19. The van der Waals surface area contributed by atoms with Crippen molar-refractivity contribution in [3.63, 3.8) is 0 Å². The number of nitrogens with one attached hydrogen (secondary N) is 1. The maximum atomic E-state index is 13.0. The molecule has 0 saturated heterocycles. The van der Waals surface area contributed by atoms with Gasteiger partial charge in [0.1, 0.15) is 10.8 Å². The molecule has 16 heavy (non-hydrogen) atoms. The molecule has 2 nitrogen and oxygen atoms in total. The highest BCUT2D eigenvalue weighted by Gasteiger charge is 2.02. The smallest absolute Gasteiger partial charge is 0.125 e. The first-order chi connectivity index (χ1) is 7.65. The number of benzene rings is 1. The van der Waals surface area contributed by atoms with Crippen molar-refractivity contribution in [2.75, 3.05) is 5.32 Å². The molecule has 0 spiro atoms. The van der Waals surface area contributed by atoms with Gasteiger partial charge in [0, 0.05) is 16.8 Å². The number of hydrogen-bond acceptors (Lipinski definition) is 3. The van der Waals surface area contributed by atoms with Crippen LogP contribution in [0.2, 0.25) is 0 Å². The highest BCUT2D eigenvalue weighted by atomic mass is 32.1. The number of anilines is 1. The fourth-order valence-electron chi connectivity index (χ4n) is 1.44. The number of rotatable bonds is 3. The van der Waals surface area contributed by atoms with E-state index in [1.807, 2.05) is 19.2 Å². The summed E-state index contributed by atoms with van der Waals surface area (Å²) in [6, 6.07) is 4.74. The van der Waals surface area contributed by atoms with Crippen LogP contribution in [-0.2, 0) is 6.54 Å². The molecule has 0 bridgehead atoms. The zero-order chi connectivity index (χ0) is 11.5. The third kappa shape index (κ3) is 2.58. The van der Waals surface area contributed by atoms with Gasteiger partial charge in [-0.1, -0.05) is 6.07 Å². The van der Waals surface area contributed by atoms with Crippen LogP contribution in [0.5, 0.6) is 0 Å². The van der Waals surface area contributed by atoms with Crippen molar-refractivity contribution in [1.82, 2.24) is 4.98 Å². The summed E-state index contributed by atoms with van der Waals surface area (Å²) in [6.07, 6.45) is 0. The van der Waals surface area contributed by atoms with Crippen molar-refractivity contribution in [1.29, 1.82) is 0 Å². The van der Waals surface area contributed by atoms with E-state index < -0.39 is 0 Å². The van der Waals surface area contributed by atoms with Gasteiger partial charge in [-0.05, 0) is 31.5 Å². The topological polar surface area (TPSA) is 24.9 Å². The second-order valence-electron chi connectivity index (χ2n) is 3.70. The monoisotopic (exact) mass is 236 g/mol. The van der Waals surface area contributed by atoms with Crippen molar-refractivity contribution in [3.05, 3.63) is 45.7 Å². The van der Waals surface area contributed by atoms with Crippen LogP contribution in [0.1, 0.15) is 16.3 Å². The van der Waals surface area contributed by atoms with Crippen LogP contribution >= 0.6 is 11.3 Å². The molecule has 0 aliphatic rings. The van der Waals surface area contributed by atoms with Gasteiger partial charge < -0.3 is 5.32 Å². The maximum absolute atomic E-state index is 13.0. The first-order valence-electron chi connectivity index (χ1n) is 5.06. The normalized spacial score (nSPS) is 10.4. The lowest BCUT2D eigenvalue weighted by molar-refractivity contribution is 0.628. The van der Waals surface area contributed by atoms with Crippen LogP contribution < -0.4 is 5.32 Å². The summed E-state index contributed by atoms with van der Waals surface area (Å²) in [6.45, 7) is 4.56. The Balaban J connectivity index is 2.07. The second-order valence-corrected chi connectivity index (χ2v) is 4.64. The highest BCUT2D eigenvalue weighted by Crippen LogP contribution is 2.18. The van der Waals surface area contributed by atoms with Crippen molar-refractivity contribution in [3.8, 4) is 0 Å². The molecule has 0 radical (unpaired) electrons. The molecule has 0 unspecified atom stereocenters. The van der Waals surface area contributed by atoms with E-state index in [4.69, 9.17) is 0 Å². The van der Waals surface area contributed by atoms with E-state index in [1.165, 1.54) is 12.1 Å². The fraction of sp³-hybridized carbons (Fsp3) is 0.250. The summed E-state index contributed by atoms with van der Waals surface area (Å²) in [5.41, 5.74) is 2.89. The Bertz CT molecular complexity index is 494. The van der Waals surface area contributed by atoms with E-state index in [2.05, 4.69) is 10.3 Å². The molecule has 2 aromatic rings. The van der Waals surface area contributed by atoms with Gasteiger partial charge in [0.05, 0.1) is 6.54 Å². The van der Waals surface area contributed by atoms with Gasteiger partial charge in [-0.15, -0.1) is 11.3 Å². The molecule has 84 valence electrons. The number of halogens is 1. The quantitative estimate of drug-likeness (QED) is 0.882. The van der Waals surface area contributed by atoms with E-state index >= 15 is 0 Å². The van der Waals surface area contributed by atoms with Gasteiger partial charge in [0.15, 0.2) is 0 Å². The highest BCUT2D eigenvalue weighted by molar-refractivity contribution is 7.09. The molecule has 1 aromatic carbocycles. The second kappa shape index (κ2) is 4.61. The first-order valence-corrected chi connectivity index (χ1v) is 5.94. The zero-order valence-electron chi connectivity index (χ0n) is 9.25. The molecule has 1 heterocycles. The molecule has 0 fully saturated rings. The van der Waals surface area contributed by atoms with E-state index in [9.17, 15) is 4.39 Å². The summed E-state index contributed by atoms with van der Waals surface area (Å²) < 4.78 is 13.0. The van der Waals surface area contributed by atoms with Crippen LogP contribution in [0.3, 0.4) is 0 Å². The van der Waals surface area contributed by atoms with Gasteiger partial charge in [-0.2, -0.15) is 0 Å². The lowest BCUT2D eigenvalue weighted by atomic mass is 10.2. The maximum Gasteiger partial charge on any atom is 0.125 e. The Hall–Kier alpha value is -1.42. The summed E-state index contributed by atoms with van der Waals surface area (Å²) in [7, 11) is 0. The Morgan fingerprint density at radius 1 is 1.38 bits per heavy atom. The Morgan fingerprint density at radius 3 is 2.88 bits per heavy atom. The Labute approximate surface area is 98.2 Å². The molecular weight excluding hydrogens is 223 g/mol. The van der Waals surface area contributed by atoms with Crippen molar-refractivity contribution < 1.29 is 4.39 Å². The molecule has 0 aliphatic heterocycles. The van der Waals surface area contributed by atoms with Crippen LogP contribution in [0.25, 0.3) is 0 Å².